The lowest BCUT2D eigenvalue weighted by Gasteiger charge is -2.08. The van der Waals surface area contributed by atoms with E-state index in [0.29, 0.717) is 33.5 Å². The van der Waals surface area contributed by atoms with E-state index in [1.165, 1.54) is 12.1 Å². The average molecular weight is 379 g/mol. The highest BCUT2D eigenvalue weighted by atomic mass is 19.1. The Bertz CT molecular complexity index is 1080. The van der Waals surface area contributed by atoms with E-state index in [4.69, 9.17) is 14.9 Å². The molecule has 0 unspecified atom stereocenters. The molecule has 3 aromatic rings. The van der Waals surface area contributed by atoms with Crippen molar-refractivity contribution in [2.75, 3.05) is 12.3 Å². The second-order valence-electron chi connectivity index (χ2n) is 6.21. The lowest BCUT2D eigenvalue weighted by atomic mass is 9.98. The largest absolute Gasteiger partial charge is 0.462 e. The molecule has 0 aliphatic carbocycles. The Balaban J connectivity index is 2.31. The third-order valence-corrected chi connectivity index (χ3v) is 4.41. The molecule has 0 spiro atoms. The van der Waals surface area contributed by atoms with E-state index < -0.39 is 5.97 Å². The van der Waals surface area contributed by atoms with E-state index in [1.54, 1.807) is 25.1 Å². The van der Waals surface area contributed by atoms with Gasteiger partial charge in [0.15, 0.2) is 0 Å². The van der Waals surface area contributed by atoms with Crippen LogP contribution in [0.3, 0.4) is 0 Å². The summed E-state index contributed by atoms with van der Waals surface area (Å²) in [6, 6.07) is 9.31. The summed E-state index contributed by atoms with van der Waals surface area (Å²) >= 11 is 0. The van der Waals surface area contributed by atoms with E-state index >= 15 is 0 Å². The van der Waals surface area contributed by atoms with Gasteiger partial charge in [0.2, 0.25) is 0 Å². The van der Waals surface area contributed by atoms with Crippen molar-refractivity contribution < 1.29 is 18.3 Å². The van der Waals surface area contributed by atoms with Crippen LogP contribution in [0.15, 0.2) is 59.0 Å². The molecule has 0 saturated carbocycles. The van der Waals surface area contributed by atoms with Crippen molar-refractivity contribution in [1.29, 1.82) is 0 Å². The molecule has 28 heavy (non-hydrogen) atoms. The van der Waals surface area contributed by atoms with Crippen LogP contribution in [0.4, 0.5) is 10.1 Å². The van der Waals surface area contributed by atoms with Crippen molar-refractivity contribution in [3.05, 3.63) is 71.6 Å². The molecule has 0 fully saturated rings. The summed E-state index contributed by atoms with van der Waals surface area (Å²) in [5.41, 5.74) is 9.87. The van der Waals surface area contributed by atoms with Gasteiger partial charge in [-0.2, -0.15) is 0 Å². The Morgan fingerprint density at radius 2 is 1.93 bits per heavy atom. The molecular formula is C23H22FNO3. The Morgan fingerprint density at radius 1 is 1.21 bits per heavy atom. The number of carbonyl (C=O) groups excluding carboxylic acids is 1. The monoisotopic (exact) mass is 379 g/mol. The summed E-state index contributed by atoms with van der Waals surface area (Å²) in [5, 5.41) is 0.603. The first kappa shape index (κ1) is 19.4. The van der Waals surface area contributed by atoms with E-state index in [9.17, 15) is 9.18 Å². The minimum atomic E-state index is -0.496. The highest BCUT2D eigenvalue weighted by Crippen LogP contribution is 2.38. The Labute approximate surface area is 163 Å². The van der Waals surface area contributed by atoms with Crippen molar-refractivity contribution in [2.24, 2.45) is 0 Å². The zero-order valence-corrected chi connectivity index (χ0v) is 16.1. The molecule has 0 amide bonds. The molecule has 0 saturated heterocycles. The lowest BCUT2D eigenvalue weighted by Crippen LogP contribution is -2.05. The first-order valence-corrected chi connectivity index (χ1v) is 9.08. The van der Waals surface area contributed by atoms with Crippen LogP contribution in [-0.4, -0.2) is 12.6 Å². The number of carbonyl (C=O) groups is 1. The molecule has 0 atom stereocenters. The predicted molar refractivity (Wildman–Crippen MR) is 110 cm³/mol. The summed E-state index contributed by atoms with van der Waals surface area (Å²) in [7, 11) is 0. The van der Waals surface area contributed by atoms with Crippen LogP contribution in [0.25, 0.3) is 27.9 Å². The normalized spacial score (nSPS) is 12.1. The maximum absolute atomic E-state index is 13.3. The van der Waals surface area contributed by atoms with Crippen LogP contribution in [0, 0.1) is 5.82 Å². The second kappa shape index (κ2) is 8.13. The molecule has 0 bridgehead atoms. The minimum absolute atomic E-state index is 0.231. The third kappa shape index (κ3) is 3.56. The van der Waals surface area contributed by atoms with Gasteiger partial charge in [-0.25, -0.2) is 9.18 Å². The van der Waals surface area contributed by atoms with Crippen molar-refractivity contribution >= 4 is 28.2 Å². The maximum atomic E-state index is 13.3. The van der Waals surface area contributed by atoms with E-state index in [-0.39, 0.29) is 12.4 Å². The first-order chi connectivity index (χ1) is 13.5. The minimum Gasteiger partial charge on any atom is -0.462 e. The van der Waals surface area contributed by atoms with Crippen LogP contribution in [0.1, 0.15) is 36.7 Å². The molecule has 2 aromatic carbocycles. The number of rotatable bonds is 5. The highest BCUT2D eigenvalue weighted by molar-refractivity contribution is 6.10. The standard InChI is InChI=1S/C23H22FNO3/c1-4-7-14(5-2)17-12-18-20(13-19(17)25)28-22(21(18)23(26)27-6-3)15-8-10-16(24)11-9-15/h4-5,7-13H,6,25H2,1-3H3/b7-4-,14-5+. The smallest absolute Gasteiger partial charge is 0.342 e. The molecule has 0 aliphatic rings. The summed E-state index contributed by atoms with van der Waals surface area (Å²) in [4.78, 5) is 12.7. The number of allylic oxidation sites excluding steroid dienone is 4. The van der Waals surface area contributed by atoms with E-state index in [1.807, 2.05) is 38.1 Å². The molecule has 5 heteroatoms. The van der Waals surface area contributed by atoms with Gasteiger partial charge in [0.25, 0.3) is 0 Å². The number of esters is 1. The molecule has 1 heterocycles. The zero-order chi connectivity index (χ0) is 20.3. The summed E-state index contributed by atoms with van der Waals surface area (Å²) < 4.78 is 24.6. The Morgan fingerprint density at radius 3 is 2.54 bits per heavy atom. The molecule has 144 valence electrons. The molecule has 0 aliphatic heterocycles. The van der Waals surface area contributed by atoms with Crippen LogP contribution in [-0.2, 0) is 4.74 Å². The fourth-order valence-electron chi connectivity index (χ4n) is 3.14. The summed E-state index contributed by atoms with van der Waals surface area (Å²) in [6.45, 7) is 5.82. The van der Waals surface area contributed by atoms with Crippen molar-refractivity contribution in [2.45, 2.75) is 20.8 Å². The number of hydrogen-bond acceptors (Lipinski definition) is 4. The number of ether oxygens (including phenoxy) is 1. The number of anilines is 1. The van der Waals surface area contributed by atoms with Gasteiger partial charge in [0.05, 0.1) is 6.61 Å². The molecule has 2 N–H and O–H groups in total. The summed E-state index contributed by atoms with van der Waals surface area (Å²) in [5.74, 6) is -0.532. The first-order valence-electron chi connectivity index (χ1n) is 9.08. The molecular weight excluding hydrogens is 357 g/mol. The van der Waals surface area contributed by atoms with Gasteiger partial charge in [-0.1, -0.05) is 18.2 Å². The topological polar surface area (TPSA) is 65.5 Å². The van der Waals surface area contributed by atoms with Gasteiger partial charge in [0, 0.05) is 28.3 Å². The number of furan rings is 1. The molecule has 3 rings (SSSR count). The lowest BCUT2D eigenvalue weighted by molar-refractivity contribution is 0.0528. The molecule has 4 nitrogen and oxygen atoms in total. The van der Waals surface area contributed by atoms with Gasteiger partial charge in [-0.05, 0) is 56.7 Å². The van der Waals surface area contributed by atoms with Gasteiger partial charge in [-0.3, -0.25) is 0 Å². The van der Waals surface area contributed by atoms with Crippen LogP contribution >= 0.6 is 0 Å². The number of fused-ring (bicyclic) bond motifs is 1. The second-order valence-corrected chi connectivity index (χ2v) is 6.21. The Kier molecular flexibility index (Phi) is 5.64. The fraction of sp³-hybridized carbons (Fsp3) is 0.174. The van der Waals surface area contributed by atoms with Gasteiger partial charge < -0.3 is 14.9 Å². The quantitative estimate of drug-likeness (QED) is 0.337. The Hall–Kier alpha value is -3.34. The highest BCUT2D eigenvalue weighted by Gasteiger charge is 2.24. The van der Waals surface area contributed by atoms with Gasteiger partial charge >= 0.3 is 5.97 Å². The third-order valence-electron chi connectivity index (χ3n) is 4.41. The number of nitrogen functional groups attached to an aromatic ring is 1. The number of hydrogen-bond donors (Lipinski definition) is 1. The average Bonchev–Trinajstić information content (AvgIpc) is 3.04. The fourth-order valence-corrected chi connectivity index (χ4v) is 3.14. The predicted octanol–water partition coefficient (Wildman–Crippen LogP) is 5.98. The van der Waals surface area contributed by atoms with Gasteiger partial charge in [0.1, 0.15) is 22.7 Å². The maximum Gasteiger partial charge on any atom is 0.342 e. The van der Waals surface area contributed by atoms with Crippen LogP contribution < -0.4 is 5.73 Å². The van der Waals surface area contributed by atoms with Crippen molar-refractivity contribution in [3.8, 4) is 11.3 Å². The van der Waals surface area contributed by atoms with Gasteiger partial charge in [-0.15, -0.1) is 0 Å². The van der Waals surface area contributed by atoms with Crippen LogP contribution in [0.2, 0.25) is 0 Å². The van der Waals surface area contributed by atoms with Crippen molar-refractivity contribution in [3.63, 3.8) is 0 Å². The molecule has 1 aromatic heterocycles. The number of nitrogens with two attached hydrogens (primary N) is 1. The zero-order valence-electron chi connectivity index (χ0n) is 16.1. The van der Waals surface area contributed by atoms with E-state index in [2.05, 4.69) is 0 Å². The summed E-state index contributed by atoms with van der Waals surface area (Å²) in [6.07, 6.45) is 5.82. The number of benzene rings is 2. The van der Waals surface area contributed by atoms with Crippen molar-refractivity contribution in [1.82, 2.24) is 0 Å². The van der Waals surface area contributed by atoms with E-state index in [0.717, 1.165) is 11.1 Å². The van der Waals surface area contributed by atoms with Crippen LogP contribution in [0.5, 0.6) is 0 Å². The number of halogens is 1. The SMILES string of the molecule is C/C=C\C(=C/C)c1cc2c(C(=O)OCC)c(-c3ccc(F)cc3)oc2cc1N. The molecule has 0 radical (unpaired) electrons.